The second-order valence-electron chi connectivity index (χ2n) is 2.37. The van der Waals surface area contributed by atoms with Crippen molar-refractivity contribution in [1.82, 2.24) is 0 Å². The molecule has 0 radical (unpaired) electrons. The van der Waals surface area contributed by atoms with Gasteiger partial charge in [-0.2, -0.15) is 8.42 Å². The highest BCUT2D eigenvalue weighted by Crippen LogP contribution is 1.99. The van der Waals surface area contributed by atoms with Gasteiger partial charge in [-0.15, -0.1) is 0 Å². The quantitative estimate of drug-likeness (QED) is 0.482. The zero-order valence-corrected chi connectivity index (χ0v) is 7.73. The van der Waals surface area contributed by atoms with E-state index in [1.807, 2.05) is 0 Å². The van der Waals surface area contributed by atoms with Gasteiger partial charge in [0.25, 0.3) is 0 Å². The minimum Gasteiger partial charge on any atom is -0.480 e. The monoisotopic (exact) mass is 227 g/mol. The molecule has 8 nitrogen and oxygen atoms in total. The van der Waals surface area contributed by atoms with Gasteiger partial charge >= 0.3 is 22.3 Å². The lowest BCUT2D eigenvalue weighted by molar-refractivity contribution is -0.139. The molecule has 0 aliphatic rings. The lowest BCUT2D eigenvalue weighted by atomic mass is 10.2. The molecular formula is C5H9NO7S. The first-order valence-electron chi connectivity index (χ1n) is 3.40. The van der Waals surface area contributed by atoms with Crippen molar-refractivity contribution in [1.29, 1.82) is 0 Å². The number of rotatable bonds is 5. The van der Waals surface area contributed by atoms with Crippen LogP contribution in [0.3, 0.4) is 0 Å². The first-order chi connectivity index (χ1) is 6.22. The Balaban J connectivity index is 3.93. The fourth-order valence-electron chi connectivity index (χ4n) is 0.556. The van der Waals surface area contributed by atoms with Crippen molar-refractivity contribution in [2.45, 2.75) is 18.9 Å². The summed E-state index contributed by atoms with van der Waals surface area (Å²) in [6.45, 7) is 0. The van der Waals surface area contributed by atoms with Gasteiger partial charge in [0.15, 0.2) is 0 Å². The number of hydrogen-bond acceptors (Lipinski definition) is 6. The van der Waals surface area contributed by atoms with Crippen molar-refractivity contribution in [2.24, 2.45) is 5.73 Å². The van der Waals surface area contributed by atoms with E-state index in [0.717, 1.165) is 0 Å². The molecule has 0 bridgehead atoms. The van der Waals surface area contributed by atoms with Crippen molar-refractivity contribution < 1.29 is 31.8 Å². The number of aliphatic carboxylic acids is 1. The topological polar surface area (TPSA) is 144 Å². The van der Waals surface area contributed by atoms with Gasteiger partial charge in [0.05, 0.1) is 0 Å². The van der Waals surface area contributed by atoms with Crippen LogP contribution in [0.1, 0.15) is 12.8 Å². The summed E-state index contributed by atoms with van der Waals surface area (Å²) in [5.41, 5.74) is 5.01. The maximum Gasteiger partial charge on any atom is 0.448 e. The summed E-state index contributed by atoms with van der Waals surface area (Å²) in [6.07, 6.45) is -0.781. The number of carboxylic acid groups (broad SMARTS) is 1. The molecule has 14 heavy (non-hydrogen) atoms. The molecule has 0 aromatic carbocycles. The van der Waals surface area contributed by atoms with Crippen molar-refractivity contribution >= 4 is 22.3 Å². The summed E-state index contributed by atoms with van der Waals surface area (Å²) >= 11 is 0. The molecule has 0 fully saturated rings. The predicted octanol–water partition coefficient (Wildman–Crippen LogP) is -1.48. The van der Waals surface area contributed by atoms with E-state index in [1.54, 1.807) is 0 Å². The standard InChI is InChI=1S/C5H9NO7S/c6-3(5(8)9)1-2-4(7)13-14(10,11)12/h3H,1-2,6H2,(H,8,9)(H,10,11,12)/t3-/m0/s1. The average molecular weight is 227 g/mol. The van der Waals surface area contributed by atoms with Crippen LogP contribution in [0, 0.1) is 0 Å². The second-order valence-corrected chi connectivity index (χ2v) is 3.39. The minimum absolute atomic E-state index is 0.274. The van der Waals surface area contributed by atoms with Crippen LogP contribution in [0.2, 0.25) is 0 Å². The predicted molar refractivity (Wildman–Crippen MR) is 42.5 cm³/mol. The van der Waals surface area contributed by atoms with E-state index in [0.29, 0.717) is 0 Å². The largest absolute Gasteiger partial charge is 0.480 e. The highest BCUT2D eigenvalue weighted by molar-refractivity contribution is 7.81. The van der Waals surface area contributed by atoms with Crippen molar-refractivity contribution in [3.8, 4) is 0 Å². The van der Waals surface area contributed by atoms with Crippen LogP contribution < -0.4 is 5.73 Å². The molecule has 0 saturated heterocycles. The average Bonchev–Trinajstić information content (AvgIpc) is 1.96. The van der Waals surface area contributed by atoms with Gasteiger partial charge in [-0.3, -0.25) is 14.1 Å². The number of hydrogen-bond donors (Lipinski definition) is 3. The van der Waals surface area contributed by atoms with E-state index in [4.69, 9.17) is 15.4 Å². The molecule has 0 aromatic rings. The molecule has 0 aliphatic carbocycles. The Morgan fingerprint density at radius 3 is 2.29 bits per heavy atom. The molecule has 1 atom stereocenters. The maximum absolute atomic E-state index is 10.6. The molecule has 9 heteroatoms. The van der Waals surface area contributed by atoms with Crippen LogP contribution in [-0.2, 0) is 24.2 Å². The number of carboxylic acids is 1. The van der Waals surface area contributed by atoms with Crippen molar-refractivity contribution in [2.75, 3.05) is 0 Å². The summed E-state index contributed by atoms with van der Waals surface area (Å²) < 4.78 is 31.5. The Morgan fingerprint density at radius 1 is 1.43 bits per heavy atom. The third kappa shape index (κ3) is 6.34. The van der Waals surface area contributed by atoms with Gasteiger partial charge in [0, 0.05) is 6.42 Å². The molecule has 0 aliphatic heterocycles. The molecule has 0 unspecified atom stereocenters. The Hall–Kier alpha value is -1.19. The Morgan fingerprint density at radius 2 is 1.93 bits per heavy atom. The zero-order chi connectivity index (χ0) is 11.4. The Kier molecular flexibility index (Phi) is 4.47. The van der Waals surface area contributed by atoms with Crippen LogP contribution >= 0.6 is 0 Å². The Bertz CT molecular complexity index is 321. The van der Waals surface area contributed by atoms with Gasteiger partial charge in [-0.05, 0) is 6.42 Å². The van der Waals surface area contributed by atoms with Gasteiger partial charge in [0.1, 0.15) is 6.04 Å². The third-order valence-electron chi connectivity index (χ3n) is 1.17. The zero-order valence-electron chi connectivity index (χ0n) is 6.91. The molecule has 4 N–H and O–H groups in total. The van der Waals surface area contributed by atoms with E-state index in [9.17, 15) is 18.0 Å². The highest BCUT2D eigenvalue weighted by Gasteiger charge is 2.17. The number of carbonyl (C=O) groups is 2. The van der Waals surface area contributed by atoms with Crippen LogP contribution in [0.4, 0.5) is 0 Å². The van der Waals surface area contributed by atoms with E-state index in [-0.39, 0.29) is 6.42 Å². The SMILES string of the molecule is N[C@@H](CCC(=O)OS(=O)(=O)O)C(=O)O. The normalized spacial score (nSPS) is 13.3. The van der Waals surface area contributed by atoms with Crippen molar-refractivity contribution in [3.63, 3.8) is 0 Å². The van der Waals surface area contributed by atoms with Gasteiger partial charge in [-0.1, -0.05) is 0 Å². The lowest BCUT2D eigenvalue weighted by Gasteiger charge is -2.04. The van der Waals surface area contributed by atoms with Gasteiger partial charge < -0.3 is 15.0 Å². The summed E-state index contributed by atoms with van der Waals surface area (Å²) in [5, 5.41) is 8.28. The van der Waals surface area contributed by atoms with E-state index < -0.39 is 34.8 Å². The van der Waals surface area contributed by atoms with E-state index in [2.05, 4.69) is 4.18 Å². The summed E-state index contributed by atoms with van der Waals surface area (Å²) in [4.78, 5) is 20.7. The summed E-state index contributed by atoms with van der Waals surface area (Å²) in [5.74, 6) is -2.58. The molecule has 0 heterocycles. The summed E-state index contributed by atoms with van der Waals surface area (Å²) in [6, 6.07) is -1.27. The smallest absolute Gasteiger partial charge is 0.448 e. The first-order valence-corrected chi connectivity index (χ1v) is 4.77. The highest BCUT2D eigenvalue weighted by atomic mass is 32.3. The number of nitrogens with two attached hydrogens (primary N) is 1. The molecule has 0 amide bonds. The van der Waals surface area contributed by atoms with Crippen LogP contribution in [0.5, 0.6) is 0 Å². The number of carbonyl (C=O) groups excluding carboxylic acids is 1. The van der Waals surface area contributed by atoms with Crippen LogP contribution in [-0.4, -0.2) is 36.1 Å². The van der Waals surface area contributed by atoms with Gasteiger partial charge in [-0.25, -0.2) is 0 Å². The van der Waals surface area contributed by atoms with Crippen molar-refractivity contribution in [3.05, 3.63) is 0 Å². The molecule has 82 valence electrons. The minimum atomic E-state index is -4.83. The molecule has 0 rings (SSSR count). The molecule has 0 spiro atoms. The van der Waals surface area contributed by atoms with Crippen LogP contribution in [0.25, 0.3) is 0 Å². The molecule has 0 aromatic heterocycles. The second kappa shape index (κ2) is 4.88. The van der Waals surface area contributed by atoms with Crippen LogP contribution in [0.15, 0.2) is 0 Å². The van der Waals surface area contributed by atoms with E-state index in [1.165, 1.54) is 0 Å². The summed E-state index contributed by atoms with van der Waals surface area (Å²) in [7, 11) is -4.83. The molecule has 0 saturated carbocycles. The molecular weight excluding hydrogens is 218 g/mol. The maximum atomic E-state index is 10.6. The van der Waals surface area contributed by atoms with Gasteiger partial charge in [0.2, 0.25) is 0 Å². The fourth-order valence-corrected chi connectivity index (χ4v) is 0.874. The third-order valence-corrected chi connectivity index (χ3v) is 1.57. The Labute approximate surface area is 79.6 Å². The first kappa shape index (κ1) is 12.8. The van der Waals surface area contributed by atoms with E-state index >= 15 is 0 Å². The fraction of sp³-hybridized carbons (Fsp3) is 0.600. The lowest BCUT2D eigenvalue weighted by Crippen LogP contribution is -2.30.